The van der Waals surface area contributed by atoms with Crippen molar-refractivity contribution in [3.63, 3.8) is 0 Å². The van der Waals surface area contributed by atoms with Gasteiger partial charge >= 0.3 is 0 Å². The van der Waals surface area contributed by atoms with Crippen LogP contribution in [0.2, 0.25) is 5.02 Å². The Labute approximate surface area is 125 Å². The van der Waals surface area contributed by atoms with Gasteiger partial charge in [0, 0.05) is 5.02 Å². The summed E-state index contributed by atoms with van der Waals surface area (Å²) in [5, 5.41) is 7.54. The van der Waals surface area contributed by atoms with Gasteiger partial charge in [-0.25, -0.2) is 17.9 Å². The zero-order chi connectivity index (χ0) is 15.6. The van der Waals surface area contributed by atoms with Gasteiger partial charge in [-0.2, -0.15) is 0 Å². The molecule has 2 aromatic carbocycles. The number of hydrogen-bond acceptors (Lipinski definition) is 3. The van der Waals surface area contributed by atoms with Crippen LogP contribution in [-0.2, 0) is 10.0 Å². The quantitative estimate of drug-likeness (QED) is 0.906. The molecule has 21 heavy (non-hydrogen) atoms. The first-order valence-electron chi connectivity index (χ1n) is 5.67. The van der Waals surface area contributed by atoms with E-state index in [4.69, 9.17) is 16.7 Å². The van der Waals surface area contributed by atoms with Crippen molar-refractivity contribution in [3.8, 4) is 0 Å². The maximum atomic E-state index is 13.6. The standard InChI is InChI=1S/C13H10ClFN2O3S/c14-8-5-6-10(15)9(7-8)13(18)17-11-3-1-2-4-12(11)21(16,19)20/h1-7H,(H,17,18)(H2,16,19,20). The zero-order valence-electron chi connectivity index (χ0n) is 10.5. The molecular weight excluding hydrogens is 319 g/mol. The van der Waals surface area contributed by atoms with E-state index in [-0.39, 0.29) is 21.2 Å². The Kier molecular flexibility index (Phi) is 4.26. The smallest absolute Gasteiger partial charge is 0.258 e. The summed E-state index contributed by atoms with van der Waals surface area (Å²) in [7, 11) is -4.01. The minimum absolute atomic E-state index is 0.0376. The van der Waals surface area contributed by atoms with Crippen molar-refractivity contribution in [2.24, 2.45) is 5.14 Å². The Morgan fingerprint density at radius 3 is 2.52 bits per heavy atom. The van der Waals surface area contributed by atoms with E-state index in [1.165, 1.54) is 30.3 Å². The van der Waals surface area contributed by atoms with E-state index in [1.807, 2.05) is 0 Å². The monoisotopic (exact) mass is 328 g/mol. The number of anilines is 1. The Morgan fingerprint density at radius 1 is 1.19 bits per heavy atom. The highest BCUT2D eigenvalue weighted by molar-refractivity contribution is 7.89. The molecule has 3 N–H and O–H groups in total. The number of nitrogens with one attached hydrogen (secondary N) is 1. The Hall–Kier alpha value is -1.96. The third-order valence-electron chi connectivity index (χ3n) is 2.61. The highest BCUT2D eigenvalue weighted by Crippen LogP contribution is 2.21. The number of carbonyl (C=O) groups is 1. The van der Waals surface area contributed by atoms with Crippen LogP contribution in [0.1, 0.15) is 10.4 Å². The summed E-state index contributed by atoms with van der Waals surface area (Å²) in [6.45, 7) is 0. The number of halogens is 2. The van der Waals surface area contributed by atoms with Crippen LogP contribution in [0.5, 0.6) is 0 Å². The van der Waals surface area contributed by atoms with Gasteiger partial charge in [-0.3, -0.25) is 4.79 Å². The molecule has 0 heterocycles. The maximum Gasteiger partial charge on any atom is 0.258 e. The van der Waals surface area contributed by atoms with Gasteiger partial charge in [0.15, 0.2) is 0 Å². The number of para-hydroxylation sites is 1. The summed E-state index contributed by atoms with van der Waals surface area (Å²) < 4.78 is 36.4. The van der Waals surface area contributed by atoms with Crippen LogP contribution in [0.15, 0.2) is 47.4 Å². The Balaban J connectivity index is 2.39. The molecule has 2 rings (SSSR count). The Bertz CT molecular complexity index is 809. The number of hydrogen-bond donors (Lipinski definition) is 2. The molecule has 0 atom stereocenters. The molecule has 0 saturated heterocycles. The molecule has 0 spiro atoms. The first kappa shape index (κ1) is 15.4. The molecule has 0 aliphatic heterocycles. The van der Waals surface area contributed by atoms with Crippen molar-refractivity contribution in [2.75, 3.05) is 5.32 Å². The fourth-order valence-corrected chi connectivity index (χ4v) is 2.55. The highest BCUT2D eigenvalue weighted by atomic mass is 35.5. The van der Waals surface area contributed by atoms with E-state index < -0.39 is 21.7 Å². The minimum Gasteiger partial charge on any atom is -0.321 e. The number of amides is 1. The maximum absolute atomic E-state index is 13.6. The van der Waals surface area contributed by atoms with Crippen LogP contribution >= 0.6 is 11.6 Å². The SMILES string of the molecule is NS(=O)(=O)c1ccccc1NC(=O)c1cc(Cl)ccc1F. The molecule has 0 bridgehead atoms. The average molecular weight is 329 g/mol. The summed E-state index contributed by atoms with van der Waals surface area (Å²) in [5.41, 5.74) is -0.337. The van der Waals surface area contributed by atoms with Gasteiger partial charge in [0.05, 0.1) is 11.3 Å². The third kappa shape index (κ3) is 3.57. The van der Waals surface area contributed by atoms with E-state index in [0.717, 1.165) is 12.1 Å². The lowest BCUT2D eigenvalue weighted by Crippen LogP contribution is -2.19. The largest absolute Gasteiger partial charge is 0.321 e. The van der Waals surface area contributed by atoms with Gasteiger partial charge < -0.3 is 5.32 Å². The lowest BCUT2D eigenvalue weighted by molar-refractivity contribution is 0.102. The first-order valence-corrected chi connectivity index (χ1v) is 7.59. The van der Waals surface area contributed by atoms with Crippen molar-refractivity contribution in [1.29, 1.82) is 0 Å². The second-order valence-electron chi connectivity index (χ2n) is 4.12. The van der Waals surface area contributed by atoms with E-state index in [0.29, 0.717) is 0 Å². The number of benzene rings is 2. The molecule has 0 saturated carbocycles. The van der Waals surface area contributed by atoms with Crippen LogP contribution < -0.4 is 10.5 Å². The van der Waals surface area contributed by atoms with Crippen molar-refractivity contribution in [3.05, 3.63) is 58.9 Å². The first-order chi connectivity index (χ1) is 9.79. The lowest BCUT2D eigenvalue weighted by Gasteiger charge is -2.10. The summed E-state index contributed by atoms with van der Waals surface area (Å²) in [4.78, 5) is 11.8. The van der Waals surface area contributed by atoms with Gasteiger partial charge in [0.1, 0.15) is 10.7 Å². The zero-order valence-corrected chi connectivity index (χ0v) is 12.1. The van der Waals surface area contributed by atoms with Crippen LogP contribution in [0, 0.1) is 5.82 Å². The van der Waals surface area contributed by atoms with E-state index in [2.05, 4.69) is 5.32 Å². The van der Waals surface area contributed by atoms with Gasteiger partial charge in [0.2, 0.25) is 10.0 Å². The topological polar surface area (TPSA) is 89.3 Å². The van der Waals surface area contributed by atoms with Crippen molar-refractivity contribution in [2.45, 2.75) is 4.90 Å². The fraction of sp³-hybridized carbons (Fsp3) is 0. The molecule has 8 heteroatoms. The van der Waals surface area contributed by atoms with Crippen molar-refractivity contribution >= 4 is 33.2 Å². The molecule has 0 unspecified atom stereocenters. The molecule has 0 aromatic heterocycles. The number of primary sulfonamides is 1. The fourth-order valence-electron chi connectivity index (χ4n) is 1.68. The molecule has 110 valence electrons. The molecule has 0 fully saturated rings. The average Bonchev–Trinajstić information content (AvgIpc) is 2.41. The molecular formula is C13H10ClFN2O3S. The highest BCUT2D eigenvalue weighted by Gasteiger charge is 2.18. The van der Waals surface area contributed by atoms with Gasteiger partial charge in [-0.05, 0) is 30.3 Å². The van der Waals surface area contributed by atoms with Gasteiger partial charge in [-0.1, -0.05) is 23.7 Å². The Morgan fingerprint density at radius 2 is 1.86 bits per heavy atom. The van der Waals surface area contributed by atoms with Crippen LogP contribution in [0.3, 0.4) is 0 Å². The van der Waals surface area contributed by atoms with Crippen LogP contribution in [-0.4, -0.2) is 14.3 Å². The van der Waals surface area contributed by atoms with Gasteiger partial charge in [-0.15, -0.1) is 0 Å². The minimum atomic E-state index is -4.01. The summed E-state index contributed by atoms with van der Waals surface area (Å²) in [5.74, 6) is -1.60. The summed E-state index contributed by atoms with van der Waals surface area (Å²) >= 11 is 5.71. The predicted octanol–water partition coefficient (Wildman–Crippen LogP) is 2.38. The number of rotatable bonds is 3. The number of carbonyl (C=O) groups excluding carboxylic acids is 1. The third-order valence-corrected chi connectivity index (χ3v) is 3.82. The second-order valence-corrected chi connectivity index (χ2v) is 6.09. The van der Waals surface area contributed by atoms with Gasteiger partial charge in [0.25, 0.3) is 5.91 Å². The molecule has 0 aliphatic carbocycles. The van der Waals surface area contributed by atoms with E-state index in [9.17, 15) is 17.6 Å². The van der Waals surface area contributed by atoms with Crippen LogP contribution in [0.25, 0.3) is 0 Å². The van der Waals surface area contributed by atoms with Crippen molar-refractivity contribution in [1.82, 2.24) is 0 Å². The van der Waals surface area contributed by atoms with E-state index >= 15 is 0 Å². The predicted molar refractivity (Wildman–Crippen MR) is 77.2 cm³/mol. The molecule has 0 aliphatic rings. The number of sulfonamides is 1. The summed E-state index contributed by atoms with van der Waals surface area (Å²) in [6, 6.07) is 9.04. The molecule has 0 radical (unpaired) electrons. The van der Waals surface area contributed by atoms with Crippen LogP contribution in [0.4, 0.5) is 10.1 Å². The molecule has 5 nitrogen and oxygen atoms in total. The summed E-state index contributed by atoms with van der Waals surface area (Å²) in [6.07, 6.45) is 0. The second kappa shape index (κ2) is 5.80. The molecule has 2 aromatic rings. The molecule has 1 amide bonds. The van der Waals surface area contributed by atoms with Crippen molar-refractivity contribution < 1.29 is 17.6 Å². The number of nitrogens with two attached hydrogens (primary N) is 1. The lowest BCUT2D eigenvalue weighted by atomic mass is 10.2. The van der Waals surface area contributed by atoms with E-state index in [1.54, 1.807) is 0 Å². The normalized spacial score (nSPS) is 11.2.